The van der Waals surface area contributed by atoms with Crippen LogP contribution in [0, 0.1) is 0 Å². The Morgan fingerprint density at radius 3 is 3.13 bits per heavy atom. The first-order valence-corrected chi connectivity index (χ1v) is 5.40. The number of hydrogen-bond acceptors (Lipinski definition) is 3. The number of Topliss-reactive ketones (excluding diaryl/α,β-unsaturated/α-hetero) is 1. The van der Waals surface area contributed by atoms with E-state index in [0.29, 0.717) is 5.56 Å². The molecule has 1 atom stereocenters. The molecule has 2 heterocycles. The van der Waals surface area contributed by atoms with Crippen molar-refractivity contribution in [3.05, 3.63) is 18.0 Å². The Labute approximate surface area is 89.2 Å². The van der Waals surface area contributed by atoms with Crippen molar-refractivity contribution in [1.29, 1.82) is 0 Å². The maximum Gasteiger partial charge on any atom is 0.162 e. The second-order valence-electron chi connectivity index (χ2n) is 4.00. The fourth-order valence-electron chi connectivity index (χ4n) is 1.81. The summed E-state index contributed by atoms with van der Waals surface area (Å²) >= 11 is 0. The lowest BCUT2D eigenvalue weighted by molar-refractivity contribution is 0.00398. The fourth-order valence-corrected chi connectivity index (χ4v) is 1.81. The molecule has 0 spiro atoms. The van der Waals surface area contributed by atoms with Gasteiger partial charge in [0.2, 0.25) is 0 Å². The van der Waals surface area contributed by atoms with Crippen LogP contribution in [0.2, 0.25) is 0 Å². The molecule has 0 unspecified atom stereocenters. The zero-order valence-electron chi connectivity index (χ0n) is 8.98. The molecule has 0 N–H and O–H groups in total. The highest BCUT2D eigenvalue weighted by atomic mass is 16.5. The Kier molecular flexibility index (Phi) is 3.16. The highest BCUT2D eigenvalue weighted by Crippen LogP contribution is 2.14. The molecule has 82 valence electrons. The van der Waals surface area contributed by atoms with Crippen LogP contribution in [0.25, 0.3) is 0 Å². The Morgan fingerprint density at radius 2 is 2.53 bits per heavy atom. The number of rotatable bonds is 3. The average Bonchev–Trinajstić information content (AvgIpc) is 2.68. The lowest BCUT2D eigenvalue weighted by Crippen LogP contribution is -2.24. The topological polar surface area (TPSA) is 44.1 Å². The molecule has 1 saturated heterocycles. The second-order valence-corrected chi connectivity index (χ2v) is 4.00. The number of ether oxygens (including phenoxy) is 1. The zero-order valence-corrected chi connectivity index (χ0v) is 8.98. The predicted molar refractivity (Wildman–Crippen MR) is 55.8 cm³/mol. The van der Waals surface area contributed by atoms with Crippen LogP contribution in [0.5, 0.6) is 0 Å². The molecule has 1 aromatic rings. The third kappa shape index (κ3) is 2.65. The summed E-state index contributed by atoms with van der Waals surface area (Å²) < 4.78 is 7.40. The first-order valence-electron chi connectivity index (χ1n) is 5.40. The van der Waals surface area contributed by atoms with Crippen LogP contribution >= 0.6 is 0 Å². The van der Waals surface area contributed by atoms with Crippen molar-refractivity contribution in [2.45, 2.75) is 38.8 Å². The summed E-state index contributed by atoms with van der Waals surface area (Å²) in [5, 5.41) is 4.15. The van der Waals surface area contributed by atoms with E-state index in [1.54, 1.807) is 24.0 Å². The molecule has 1 aliphatic rings. The molecular formula is C11H16N2O2. The number of nitrogens with zero attached hydrogens (tertiary/aromatic N) is 2. The van der Waals surface area contributed by atoms with Gasteiger partial charge in [0.15, 0.2) is 5.78 Å². The van der Waals surface area contributed by atoms with Crippen molar-refractivity contribution in [2.75, 3.05) is 6.61 Å². The van der Waals surface area contributed by atoms with Crippen molar-refractivity contribution < 1.29 is 9.53 Å². The number of carbonyl (C=O) groups is 1. The molecular weight excluding hydrogens is 192 g/mol. The van der Waals surface area contributed by atoms with Crippen LogP contribution in [0.1, 0.15) is 36.5 Å². The van der Waals surface area contributed by atoms with Gasteiger partial charge >= 0.3 is 0 Å². The molecule has 0 bridgehead atoms. The lowest BCUT2D eigenvalue weighted by atomic mass is 10.1. The molecule has 2 rings (SSSR count). The summed E-state index contributed by atoms with van der Waals surface area (Å²) in [7, 11) is 0. The summed E-state index contributed by atoms with van der Waals surface area (Å²) in [6.45, 7) is 3.16. The van der Waals surface area contributed by atoms with Gasteiger partial charge in [0.05, 0.1) is 24.4 Å². The Morgan fingerprint density at radius 1 is 1.67 bits per heavy atom. The summed E-state index contributed by atoms with van der Waals surface area (Å²) in [4.78, 5) is 11.1. The summed E-state index contributed by atoms with van der Waals surface area (Å²) in [6.07, 6.45) is 7.15. The number of hydrogen-bond donors (Lipinski definition) is 0. The van der Waals surface area contributed by atoms with Crippen LogP contribution in [0.4, 0.5) is 0 Å². The second kappa shape index (κ2) is 4.57. The Hall–Kier alpha value is -1.16. The number of carbonyl (C=O) groups excluding carboxylic acids is 1. The minimum Gasteiger partial charge on any atom is -0.376 e. The molecule has 0 amide bonds. The van der Waals surface area contributed by atoms with E-state index in [2.05, 4.69) is 5.10 Å². The standard InChI is InChI=1S/C11H16N2O2/c1-9(14)10-6-12-13(7-10)8-11-4-2-3-5-15-11/h6-7,11H,2-5,8H2,1H3/t11-/m0/s1. The van der Waals surface area contributed by atoms with E-state index >= 15 is 0 Å². The smallest absolute Gasteiger partial charge is 0.162 e. The first-order chi connectivity index (χ1) is 7.25. The van der Waals surface area contributed by atoms with Crippen molar-refractivity contribution in [3.63, 3.8) is 0 Å². The van der Waals surface area contributed by atoms with E-state index < -0.39 is 0 Å². The van der Waals surface area contributed by atoms with Gasteiger partial charge in [0, 0.05) is 12.8 Å². The molecule has 0 saturated carbocycles. The largest absolute Gasteiger partial charge is 0.376 e. The Balaban J connectivity index is 1.94. The molecule has 1 fully saturated rings. The van der Waals surface area contributed by atoms with Crippen LogP contribution in [0.3, 0.4) is 0 Å². The molecule has 0 radical (unpaired) electrons. The monoisotopic (exact) mass is 208 g/mol. The van der Waals surface area contributed by atoms with Gasteiger partial charge in [-0.3, -0.25) is 9.48 Å². The average molecular weight is 208 g/mol. The molecule has 1 aliphatic heterocycles. The van der Waals surface area contributed by atoms with Crippen LogP contribution in [0.15, 0.2) is 12.4 Å². The molecule has 0 aliphatic carbocycles. The van der Waals surface area contributed by atoms with Gasteiger partial charge in [0.25, 0.3) is 0 Å². The molecule has 0 aromatic carbocycles. The SMILES string of the molecule is CC(=O)c1cnn(C[C@@H]2CCCCO2)c1. The van der Waals surface area contributed by atoms with E-state index in [1.165, 1.54) is 6.42 Å². The summed E-state index contributed by atoms with van der Waals surface area (Å²) in [5.74, 6) is 0.0609. The quantitative estimate of drug-likeness (QED) is 0.709. The molecule has 15 heavy (non-hydrogen) atoms. The van der Waals surface area contributed by atoms with E-state index in [0.717, 1.165) is 26.0 Å². The summed E-state index contributed by atoms with van der Waals surface area (Å²) in [6, 6.07) is 0. The van der Waals surface area contributed by atoms with E-state index in [1.807, 2.05) is 0 Å². The third-order valence-corrected chi connectivity index (χ3v) is 2.70. The van der Waals surface area contributed by atoms with Crippen LogP contribution in [-0.2, 0) is 11.3 Å². The molecule has 4 nitrogen and oxygen atoms in total. The van der Waals surface area contributed by atoms with E-state index in [9.17, 15) is 4.79 Å². The summed E-state index contributed by atoms with van der Waals surface area (Å²) in [5.41, 5.74) is 0.672. The third-order valence-electron chi connectivity index (χ3n) is 2.70. The minimum absolute atomic E-state index is 0.0609. The van der Waals surface area contributed by atoms with Gasteiger partial charge in [-0.1, -0.05) is 0 Å². The highest BCUT2D eigenvalue weighted by molar-refractivity contribution is 5.93. The maximum absolute atomic E-state index is 11.1. The zero-order chi connectivity index (χ0) is 10.7. The van der Waals surface area contributed by atoms with Crippen LogP contribution < -0.4 is 0 Å². The van der Waals surface area contributed by atoms with E-state index in [-0.39, 0.29) is 11.9 Å². The van der Waals surface area contributed by atoms with Crippen molar-refractivity contribution >= 4 is 5.78 Å². The maximum atomic E-state index is 11.1. The van der Waals surface area contributed by atoms with Gasteiger partial charge in [-0.15, -0.1) is 0 Å². The van der Waals surface area contributed by atoms with Gasteiger partial charge in [0.1, 0.15) is 0 Å². The highest BCUT2D eigenvalue weighted by Gasteiger charge is 2.15. The number of ketones is 1. The van der Waals surface area contributed by atoms with Gasteiger partial charge in [-0.25, -0.2) is 0 Å². The first kappa shape index (κ1) is 10.4. The fraction of sp³-hybridized carbons (Fsp3) is 0.636. The predicted octanol–water partition coefficient (Wildman–Crippen LogP) is 1.65. The lowest BCUT2D eigenvalue weighted by Gasteiger charge is -2.22. The van der Waals surface area contributed by atoms with Gasteiger partial charge in [-0.05, 0) is 26.2 Å². The van der Waals surface area contributed by atoms with Crippen molar-refractivity contribution in [1.82, 2.24) is 9.78 Å². The molecule has 1 aromatic heterocycles. The van der Waals surface area contributed by atoms with Crippen molar-refractivity contribution in [2.24, 2.45) is 0 Å². The van der Waals surface area contributed by atoms with Crippen molar-refractivity contribution in [3.8, 4) is 0 Å². The molecule has 4 heteroatoms. The number of aromatic nitrogens is 2. The van der Waals surface area contributed by atoms with Crippen LogP contribution in [-0.4, -0.2) is 28.3 Å². The normalized spacial score (nSPS) is 21.5. The van der Waals surface area contributed by atoms with Gasteiger partial charge < -0.3 is 4.74 Å². The minimum atomic E-state index is 0.0609. The Bertz CT molecular complexity index is 340. The van der Waals surface area contributed by atoms with E-state index in [4.69, 9.17) is 4.74 Å². The van der Waals surface area contributed by atoms with Gasteiger partial charge in [-0.2, -0.15) is 5.10 Å².